The predicted molar refractivity (Wildman–Crippen MR) is 132 cm³/mol. The third-order valence-electron chi connectivity index (χ3n) is 5.91. The number of carbonyl (C=O) groups is 1. The zero-order chi connectivity index (χ0) is 23.1. The minimum atomic E-state index is -3.21. The van der Waals surface area contributed by atoms with Crippen LogP contribution in [0.25, 0.3) is 0 Å². The fourth-order valence-corrected chi connectivity index (χ4v) is 5.79. The average Bonchev–Trinajstić information content (AvgIpc) is 2.79. The van der Waals surface area contributed by atoms with Gasteiger partial charge in [-0.1, -0.05) is 31.5 Å². The lowest BCUT2D eigenvalue weighted by Crippen LogP contribution is -2.47. The third-order valence-corrected chi connectivity index (χ3v) is 7.87. The molecule has 1 amide bonds. The van der Waals surface area contributed by atoms with E-state index in [1.165, 1.54) is 0 Å². The summed E-state index contributed by atoms with van der Waals surface area (Å²) >= 11 is 0. The lowest BCUT2D eigenvalue weighted by molar-refractivity contribution is -0.123. The smallest absolute Gasteiger partial charge is 0.230 e. The van der Waals surface area contributed by atoms with Gasteiger partial charge in [-0.3, -0.25) is 4.79 Å². The van der Waals surface area contributed by atoms with Crippen molar-refractivity contribution in [3.63, 3.8) is 0 Å². The summed E-state index contributed by atoms with van der Waals surface area (Å²) in [5, 5.41) is 3.36. The van der Waals surface area contributed by atoms with Gasteiger partial charge >= 0.3 is 0 Å². The van der Waals surface area contributed by atoms with E-state index in [0.717, 1.165) is 23.5 Å². The summed E-state index contributed by atoms with van der Waals surface area (Å²) in [5.74, 6) is 0.121. The molecule has 174 valence electrons. The summed E-state index contributed by atoms with van der Waals surface area (Å²) in [6, 6.07) is 17.9. The molecule has 0 aromatic heterocycles. The van der Waals surface area contributed by atoms with Gasteiger partial charge in [0.1, 0.15) is 0 Å². The number of benzene rings is 2. The van der Waals surface area contributed by atoms with Crippen LogP contribution in [0.3, 0.4) is 0 Å². The predicted octanol–water partition coefficient (Wildman–Crippen LogP) is 5.01. The molecule has 0 aliphatic carbocycles. The molecule has 32 heavy (non-hydrogen) atoms. The maximum Gasteiger partial charge on any atom is 0.230 e. The standard InChI is InChI=1S/C25H35N3O3S/c1-4-5-19-32(30,31)27-17-15-21(16-18-27)25(29)28(20(2)3)24-13-11-23(12-14-24)26-22-9-7-6-8-10-22/h6-14,20-21,26H,4-5,15-19H2,1-3H3. The Bertz CT molecular complexity index is 967. The average molecular weight is 458 g/mol. The number of para-hydroxylation sites is 1. The van der Waals surface area contributed by atoms with Crippen molar-refractivity contribution in [2.24, 2.45) is 5.92 Å². The molecule has 0 radical (unpaired) electrons. The number of unbranched alkanes of at least 4 members (excludes halogenated alkanes) is 1. The van der Waals surface area contributed by atoms with Crippen LogP contribution < -0.4 is 10.2 Å². The van der Waals surface area contributed by atoms with Gasteiger partial charge in [0.2, 0.25) is 15.9 Å². The summed E-state index contributed by atoms with van der Waals surface area (Å²) < 4.78 is 26.5. The molecule has 1 aliphatic rings. The van der Waals surface area contributed by atoms with Gasteiger partial charge in [0.05, 0.1) is 5.75 Å². The topological polar surface area (TPSA) is 69.7 Å². The Balaban J connectivity index is 1.65. The second-order valence-electron chi connectivity index (χ2n) is 8.68. The van der Waals surface area contributed by atoms with E-state index >= 15 is 0 Å². The van der Waals surface area contributed by atoms with E-state index in [9.17, 15) is 13.2 Å². The Morgan fingerprint density at radius 2 is 1.62 bits per heavy atom. The van der Waals surface area contributed by atoms with E-state index in [0.29, 0.717) is 32.4 Å². The number of carbonyl (C=O) groups excluding carboxylic acids is 1. The largest absolute Gasteiger partial charge is 0.356 e. The molecule has 0 saturated carbocycles. The van der Waals surface area contributed by atoms with Gasteiger partial charge in [-0.05, 0) is 69.5 Å². The van der Waals surface area contributed by atoms with E-state index in [1.807, 2.05) is 80.3 Å². The summed E-state index contributed by atoms with van der Waals surface area (Å²) in [4.78, 5) is 15.2. The summed E-state index contributed by atoms with van der Waals surface area (Å²) in [7, 11) is -3.21. The molecule has 6 nitrogen and oxygen atoms in total. The summed E-state index contributed by atoms with van der Waals surface area (Å²) in [6.07, 6.45) is 2.68. The number of anilines is 3. The molecule has 7 heteroatoms. The monoisotopic (exact) mass is 457 g/mol. The van der Waals surface area contributed by atoms with Crippen LogP contribution >= 0.6 is 0 Å². The van der Waals surface area contributed by atoms with Crippen molar-refractivity contribution in [2.75, 3.05) is 29.1 Å². The minimum absolute atomic E-state index is 0.0155. The van der Waals surface area contributed by atoms with Crippen molar-refractivity contribution in [1.29, 1.82) is 0 Å². The molecular formula is C25H35N3O3S. The van der Waals surface area contributed by atoms with Crippen molar-refractivity contribution in [3.8, 4) is 0 Å². The maximum absolute atomic E-state index is 13.4. The molecule has 1 aliphatic heterocycles. The van der Waals surface area contributed by atoms with Gasteiger partial charge < -0.3 is 10.2 Å². The Kier molecular flexibility index (Phi) is 8.32. The first-order valence-corrected chi connectivity index (χ1v) is 13.2. The zero-order valence-corrected chi connectivity index (χ0v) is 20.1. The van der Waals surface area contributed by atoms with Crippen molar-refractivity contribution >= 4 is 33.0 Å². The number of hydrogen-bond donors (Lipinski definition) is 1. The van der Waals surface area contributed by atoms with Crippen LogP contribution in [0.2, 0.25) is 0 Å². The number of amides is 1. The van der Waals surface area contributed by atoms with Crippen molar-refractivity contribution in [2.45, 2.75) is 52.5 Å². The molecule has 0 bridgehead atoms. The van der Waals surface area contributed by atoms with Crippen molar-refractivity contribution < 1.29 is 13.2 Å². The van der Waals surface area contributed by atoms with Crippen LogP contribution in [0, 0.1) is 5.92 Å². The Hall–Kier alpha value is -2.38. The van der Waals surface area contributed by atoms with E-state index in [4.69, 9.17) is 0 Å². The highest BCUT2D eigenvalue weighted by atomic mass is 32.2. The van der Waals surface area contributed by atoms with Gasteiger partial charge in [-0.15, -0.1) is 0 Å². The first-order valence-electron chi connectivity index (χ1n) is 11.5. The fourth-order valence-electron chi connectivity index (χ4n) is 4.11. The Labute approximate surface area is 192 Å². The van der Waals surface area contributed by atoms with Crippen LogP contribution in [0.5, 0.6) is 0 Å². The van der Waals surface area contributed by atoms with E-state index in [-0.39, 0.29) is 23.6 Å². The molecular weight excluding hydrogens is 422 g/mol. The molecule has 3 rings (SSSR count). The zero-order valence-electron chi connectivity index (χ0n) is 19.3. The molecule has 2 aromatic carbocycles. The quantitative estimate of drug-likeness (QED) is 0.574. The molecule has 2 aromatic rings. The first kappa shape index (κ1) is 24.3. The highest BCUT2D eigenvalue weighted by Gasteiger charge is 2.34. The van der Waals surface area contributed by atoms with E-state index < -0.39 is 10.0 Å². The number of sulfonamides is 1. The van der Waals surface area contributed by atoms with Crippen LogP contribution in [0.15, 0.2) is 54.6 Å². The van der Waals surface area contributed by atoms with E-state index in [2.05, 4.69) is 5.32 Å². The maximum atomic E-state index is 13.4. The van der Waals surface area contributed by atoms with Gasteiger partial charge in [-0.2, -0.15) is 0 Å². The molecule has 0 unspecified atom stereocenters. The highest BCUT2D eigenvalue weighted by molar-refractivity contribution is 7.89. The number of nitrogens with zero attached hydrogens (tertiary/aromatic N) is 2. The fraction of sp³-hybridized carbons (Fsp3) is 0.480. The van der Waals surface area contributed by atoms with Crippen molar-refractivity contribution in [3.05, 3.63) is 54.6 Å². The number of hydrogen-bond acceptors (Lipinski definition) is 4. The molecule has 0 spiro atoms. The SMILES string of the molecule is CCCCS(=O)(=O)N1CCC(C(=O)N(c2ccc(Nc3ccccc3)cc2)C(C)C)CC1. The van der Waals surface area contributed by atoms with Crippen LogP contribution in [-0.2, 0) is 14.8 Å². The van der Waals surface area contributed by atoms with Gasteiger partial charge in [0.25, 0.3) is 0 Å². The minimum Gasteiger partial charge on any atom is -0.356 e. The molecule has 1 N–H and O–H groups in total. The number of rotatable bonds is 9. The highest BCUT2D eigenvalue weighted by Crippen LogP contribution is 2.28. The lowest BCUT2D eigenvalue weighted by Gasteiger charge is -2.35. The number of piperidine rings is 1. The Morgan fingerprint density at radius 3 is 2.19 bits per heavy atom. The molecule has 1 heterocycles. The van der Waals surface area contributed by atoms with Gasteiger partial charge in [-0.25, -0.2) is 12.7 Å². The third kappa shape index (κ3) is 6.11. The number of nitrogens with one attached hydrogen (secondary N) is 1. The summed E-state index contributed by atoms with van der Waals surface area (Å²) in [5.41, 5.74) is 2.83. The second-order valence-corrected chi connectivity index (χ2v) is 10.8. The van der Waals surface area contributed by atoms with Gasteiger partial charge in [0.15, 0.2) is 0 Å². The Morgan fingerprint density at radius 1 is 1.03 bits per heavy atom. The van der Waals surface area contributed by atoms with Crippen molar-refractivity contribution in [1.82, 2.24) is 4.31 Å². The normalized spacial score (nSPS) is 15.6. The molecule has 1 saturated heterocycles. The van der Waals surface area contributed by atoms with Crippen LogP contribution in [0.4, 0.5) is 17.1 Å². The second kappa shape index (κ2) is 11.0. The van der Waals surface area contributed by atoms with Crippen LogP contribution in [-0.4, -0.2) is 43.5 Å². The first-order chi connectivity index (χ1) is 15.3. The lowest BCUT2D eigenvalue weighted by atomic mass is 9.95. The summed E-state index contributed by atoms with van der Waals surface area (Å²) in [6.45, 7) is 6.87. The molecule has 1 fully saturated rings. The van der Waals surface area contributed by atoms with Gasteiger partial charge in [0, 0.05) is 42.1 Å². The van der Waals surface area contributed by atoms with Crippen LogP contribution in [0.1, 0.15) is 46.5 Å². The molecule has 0 atom stereocenters. The van der Waals surface area contributed by atoms with E-state index in [1.54, 1.807) is 4.31 Å².